The predicted molar refractivity (Wildman–Crippen MR) is 148 cm³/mol. The van der Waals surface area contributed by atoms with E-state index >= 15 is 0 Å². The molecule has 4 nitrogen and oxygen atoms in total. The van der Waals surface area contributed by atoms with Gasteiger partial charge in [-0.1, -0.05) is 70.3 Å². The van der Waals surface area contributed by atoms with Crippen LogP contribution in [0.5, 0.6) is 0 Å². The van der Waals surface area contributed by atoms with Gasteiger partial charge in [-0.25, -0.2) is 0 Å². The van der Waals surface area contributed by atoms with Crippen LogP contribution in [0.1, 0.15) is 113 Å². The van der Waals surface area contributed by atoms with Crippen LogP contribution in [0.25, 0.3) is 0 Å². The molecule has 4 saturated carbocycles. The lowest BCUT2D eigenvalue weighted by Gasteiger charge is -2.64. The van der Waals surface area contributed by atoms with Crippen molar-refractivity contribution in [1.29, 1.82) is 0 Å². The number of ketones is 1. The first-order chi connectivity index (χ1) is 16.8. The van der Waals surface area contributed by atoms with Crippen LogP contribution in [0.2, 0.25) is 0 Å². The minimum absolute atomic E-state index is 0.0634. The van der Waals surface area contributed by atoms with Gasteiger partial charge in [-0.3, -0.25) is 9.59 Å². The number of hydrogen-bond acceptors (Lipinski definition) is 4. The molecule has 0 unspecified atom stereocenters. The summed E-state index contributed by atoms with van der Waals surface area (Å²) in [5.74, 6) is 3.73. The second kappa shape index (κ2) is 10.3. The predicted octanol–water partition coefficient (Wildman–Crippen LogP) is 7.34. The fourth-order valence-corrected chi connectivity index (χ4v) is 11.1. The van der Waals surface area contributed by atoms with Gasteiger partial charge >= 0.3 is 5.97 Å². The van der Waals surface area contributed by atoms with Crippen molar-refractivity contribution in [1.82, 2.24) is 0 Å². The van der Waals surface area contributed by atoms with Crippen LogP contribution in [0.15, 0.2) is 0 Å². The lowest BCUT2D eigenvalue weighted by Crippen LogP contribution is -2.70. The van der Waals surface area contributed by atoms with Crippen molar-refractivity contribution in [2.45, 2.75) is 129 Å². The molecule has 0 radical (unpaired) electrons. The molecular formula is C31H51BrO4. The van der Waals surface area contributed by atoms with Gasteiger partial charge in [0.05, 0.1) is 4.83 Å². The van der Waals surface area contributed by atoms with Crippen molar-refractivity contribution in [3.8, 4) is 0 Å². The third-order valence-corrected chi connectivity index (χ3v) is 13.2. The van der Waals surface area contributed by atoms with Crippen molar-refractivity contribution >= 4 is 27.7 Å². The zero-order chi connectivity index (χ0) is 26.6. The summed E-state index contributed by atoms with van der Waals surface area (Å²) in [4.78, 5) is 25.2. The fraction of sp³-hybridized carbons (Fsp3) is 0.935. The molecule has 0 aliphatic heterocycles. The maximum atomic E-state index is 13.9. The first-order valence-corrected chi connectivity index (χ1v) is 15.8. The van der Waals surface area contributed by atoms with Crippen LogP contribution in [0, 0.1) is 52.3 Å². The normalized spacial score (nSPS) is 46.0. The molecule has 4 fully saturated rings. The van der Waals surface area contributed by atoms with Gasteiger partial charge in [0.2, 0.25) is 0 Å². The van der Waals surface area contributed by atoms with E-state index in [1.807, 2.05) is 0 Å². The highest BCUT2D eigenvalue weighted by molar-refractivity contribution is 9.10. The van der Waals surface area contributed by atoms with E-state index in [1.165, 1.54) is 45.4 Å². The Morgan fingerprint density at radius 3 is 2.39 bits per heavy atom. The Morgan fingerprint density at radius 2 is 1.78 bits per heavy atom. The molecule has 0 amide bonds. The van der Waals surface area contributed by atoms with E-state index < -0.39 is 11.0 Å². The minimum Gasteiger partial charge on any atom is -0.462 e. The van der Waals surface area contributed by atoms with Gasteiger partial charge in [0.1, 0.15) is 11.7 Å². The minimum atomic E-state index is -1.42. The zero-order valence-electron chi connectivity index (χ0n) is 23.8. The maximum absolute atomic E-state index is 13.9. The van der Waals surface area contributed by atoms with E-state index in [9.17, 15) is 14.7 Å². The molecule has 0 heterocycles. The summed E-state index contributed by atoms with van der Waals surface area (Å²) in [5, 5.41) is 12.0. The highest BCUT2D eigenvalue weighted by Crippen LogP contribution is 2.69. The van der Waals surface area contributed by atoms with Crippen LogP contribution in [-0.4, -0.2) is 33.4 Å². The van der Waals surface area contributed by atoms with E-state index in [1.54, 1.807) is 0 Å². The van der Waals surface area contributed by atoms with Crippen molar-refractivity contribution < 1.29 is 19.4 Å². The molecule has 4 aliphatic carbocycles. The SMILES string of the molecule is CC[C@H](CC[C@@H](C)[C@H]1CC[C@H]2[C@@H]3[C@H](Br)C(=O)[C@@]4(O)C[C@@H](OC(C)=O)CC[C@]4(C)[C@H]3CC[C@]12C)C(C)C. The van der Waals surface area contributed by atoms with Gasteiger partial charge in [-0.05, 0) is 91.8 Å². The van der Waals surface area contributed by atoms with Gasteiger partial charge in [0.15, 0.2) is 5.78 Å². The Bertz CT molecular complexity index is 842. The maximum Gasteiger partial charge on any atom is 0.302 e. The summed E-state index contributed by atoms with van der Waals surface area (Å²) in [7, 11) is 0. The van der Waals surface area contributed by atoms with Gasteiger partial charge in [-0.15, -0.1) is 0 Å². The van der Waals surface area contributed by atoms with Crippen molar-refractivity contribution in [2.75, 3.05) is 0 Å². The monoisotopic (exact) mass is 566 g/mol. The quantitative estimate of drug-likeness (QED) is 0.258. The number of carbonyl (C=O) groups is 2. The summed E-state index contributed by atoms with van der Waals surface area (Å²) in [6.45, 7) is 15.7. The Morgan fingerprint density at radius 1 is 1.08 bits per heavy atom. The van der Waals surface area contributed by atoms with Crippen LogP contribution in [0.4, 0.5) is 0 Å². The third kappa shape index (κ3) is 4.44. The molecule has 0 aromatic rings. The molecule has 5 heteroatoms. The van der Waals surface area contributed by atoms with Gasteiger partial charge < -0.3 is 9.84 Å². The van der Waals surface area contributed by atoms with Gasteiger partial charge in [0, 0.05) is 18.8 Å². The number of alkyl halides is 1. The van der Waals surface area contributed by atoms with E-state index in [0.717, 1.165) is 37.0 Å². The van der Waals surface area contributed by atoms with Crippen LogP contribution in [0.3, 0.4) is 0 Å². The number of esters is 1. The summed E-state index contributed by atoms with van der Waals surface area (Å²) in [6.07, 6.45) is 10.00. The van der Waals surface area contributed by atoms with Crippen LogP contribution in [-0.2, 0) is 14.3 Å². The average Bonchev–Trinajstić information content (AvgIpc) is 3.16. The average molecular weight is 568 g/mol. The Balaban J connectivity index is 1.55. The second-order valence-corrected chi connectivity index (χ2v) is 15.0. The highest BCUT2D eigenvalue weighted by Gasteiger charge is 2.70. The molecule has 0 aromatic carbocycles. The molecule has 0 aromatic heterocycles. The molecule has 36 heavy (non-hydrogen) atoms. The Hall–Kier alpha value is -0.420. The molecule has 206 valence electrons. The first-order valence-electron chi connectivity index (χ1n) is 14.9. The molecule has 0 spiro atoms. The molecular weight excluding hydrogens is 516 g/mol. The van der Waals surface area contributed by atoms with Crippen molar-refractivity contribution in [3.05, 3.63) is 0 Å². The fourth-order valence-electron chi connectivity index (χ4n) is 9.95. The van der Waals surface area contributed by atoms with E-state index in [-0.39, 0.29) is 40.4 Å². The number of aliphatic hydroxyl groups is 1. The van der Waals surface area contributed by atoms with Crippen LogP contribution < -0.4 is 0 Å². The molecule has 1 N–H and O–H groups in total. The number of carbonyl (C=O) groups excluding carboxylic acids is 2. The molecule has 4 aliphatic rings. The van der Waals surface area contributed by atoms with Gasteiger partial charge in [-0.2, -0.15) is 0 Å². The van der Waals surface area contributed by atoms with E-state index in [0.29, 0.717) is 17.8 Å². The number of fused-ring (bicyclic) bond motifs is 5. The second-order valence-electron chi connectivity index (χ2n) is 14.0. The number of Topliss-reactive ketones (excluding diaryl/α,β-unsaturated/α-hetero) is 1. The van der Waals surface area contributed by atoms with E-state index in [2.05, 4.69) is 57.5 Å². The molecule has 0 bridgehead atoms. The largest absolute Gasteiger partial charge is 0.462 e. The number of ether oxygens (including phenoxy) is 1. The first kappa shape index (κ1) is 28.6. The van der Waals surface area contributed by atoms with Gasteiger partial charge in [0.25, 0.3) is 0 Å². The molecule has 0 saturated heterocycles. The van der Waals surface area contributed by atoms with Crippen molar-refractivity contribution in [3.63, 3.8) is 0 Å². The topological polar surface area (TPSA) is 63.6 Å². The lowest BCUT2D eigenvalue weighted by atomic mass is 9.42. The number of hydrogen-bond donors (Lipinski definition) is 1. The summed E-state index contributed by atoms with van der Waals surface area (Å²) < 4.78 is 5.49. The Kier molecular flexibility index (Phi) is 8.16. The summed E-state index contributed by atoms with van der Waals surface area (Å²) in [6, 6.07) is 0. The zero-order valence-corrected chi connectivity index (χ0v) is 25.4. The highest BCUT2D eigenvalue weighted by atomic mass is 79.9. The van der Waals surface area contributed by atoms with E-state index in [4.69, 9.17) is 4.74 Å². The third-order valence-electron chi connectivity index (χ3n) is 12.2. The summed E-state index contributed by atoms with van der Waals surface area (Å²) in [5.41, 5.74) is -1.61. The Labute approximate surface area is 228 Å². The lowest BCUT2D eigenvalue weighted by molar-refractivity contribution is -0.215. The van der Waals surface area contributed by atoms with Crippen molar-refractivity contribution in [2.24, 2.45) is 52.3 Å². The smallest absolute Gasteiger partial charge is 0.302 e. The molecule has 4 rings (SSSR count). The number of halogens is 1. The summed E-state index contributed by atoms with van der Waals surface area (Å²) >= 11 is 3.86. The van der Waals surface area contributed by atoms with Crippen LogP contribution >= 0.6 is 15.9 Å². The number of rotatable bonds is 7. The standard InChI is InChI=1S/C31H51BrO4/c1-8-21(18(2)3)10-9-19(4)23-11-12-24-26-25(14-15-29(23,24)6)30(7)16-13-22(36-20(5)33)17-31(30,35)28(34)27(26)32/h18-19,21-27,35H,8-17H2,1-7H3/t19-,21-,22+,23-,24+,25+,26+,27+,29-,30-,31+/m1/s1. The molecule has 11 atom stereocenters.